The zero-order valence-electron chi connectivity index (χ0n) is 20.2. The third-order valence-electron chi connectivity index (χ3n) is 6.33. The minimum absolute atomic E-state index is 0.301. The van der Waals surface area contributed by atoms with Gasteiger partial charge in [0.1, 0.15) is 11.1 Å². The van der Waals surface area contributed by atoms with Crippen molar-refractivity contribution < 1.29 is 13.6 Å². The van der Waals surface area contributed by atoms with Gasteiger partial charge in [0, 0.05) is 22.2 Å². The van der Waals surface area contributed by atoms with E-state index in [-0.39, 0.29) is 5.91 Å². The maximum Gasteiger partial charge on any atom is 0.344 e. The lowest BCUT2D eigenvalue weighted by molar-refractivity contribution is 0.102. The van der Waals surface area contributed by atoms with Crippen LogP contribution in [0.2, 0.25) is 0 Å². The van der Waals surface area contributed by atoms with Crippen LogP contribution >= 0.6 is 0 Å². The summed E-state index contributed by atoms with van der Waals surface area (Å²) in [5.74, 6) is 0.238. The summed E-state index contributed by atoms with van der Waals surface area (Å²) in [6.07, 6.45) is 0. The van der Waals surface area contributed by atoms with Gasteiger partial charge in [0.05, 0.1) is 5.56 Å². The van der Waals surface area contributed by atoms with E-state index in [0.717, 1.165) is 16.5 Å². The Hall–Kier alpha value is -4.97. The maximum atomic E-state index is 13.1. The lowest BCUT2D eigenvalue weighted by atomic mass is 10.0. The predicted octanol–water partition coefficient (Wildman–Crippen LogP) is 7.14. The van der Waals surface area contributed by atoms with E-state index in [0.29, 0.717) is 45.0 Å². The Bertz CT molecular complexity index is 1880. The number of para-hydroxylation sites is 1. The molecule has 6 rings (SSSR count). The Labute approximate surface area is 212 Å². The van der Waals surface area contributed by atoms with Crippen molar-refractivity contribution in [2.75, 3.05) is 5.32 Å². The van der Waals surface area contributed by atoms with Crippen molar-refractivity contribution >= 4 is 33.7 Å². The number of aryl methyl sites for hydroxylation is 2. The van der Waals surface area contributed by atoms with Gasteiger partial charge < -0.3 is 14.2 Å². The number of anilines is 1. The molecule has 0 aliphatic heterocycles. The molecule has 4 aromatic carbocycles. The van der Waals surface area contributed by atoms with Crippen LogP contribution in [0, 0.1) is 13.8 Å². The summed E-state index contributed by atoms with van der Waals surface area (Å²) in [4.78, 5) is 30.3. The molecule has 0 saturated carbocycles. The number of nitrogens with one attached hydrogen (secondary N) is 1. The van der Waals surface area contributed by atoms with Crippen molar-refractivity contribution in [1.29, 1.82) is 0 Å². The van der Waals surface area contributed by atoms with Crippen LogP contribution in [0.4, 0.5) is 5.69 Å². The first-order valence-corrected chi connectivity index (χ1v) is 11.9. The van der Waals surface area contributed by atoms with Crippen molar-refractivity contribution in [3.63, 3.8) is 0 Å². The quantitative estimate of drug-likeness (QED) is 0.268. The smallest absolute Gasteiger partial charge is 0.344 e. The van der Waals surface area contributed by atoms with Crippen LogP contribution in [-0.2, 0) is 0 Å². The highest BCUT2D eigenvalue weighted by atomic mass is 16.4. The van der Waals surface area contributed by atoms with E-state index in [4.69, 9.17) is 8.83 Å². The number of aromatic nitrogens is 1. The molecule has 0 saturated heterocycles. The SMILES string of the molecule is Cc1ccc(-c2nc3cc(NC(=O)c4cccc(-c5cc6ccccc6oc5=O)c4)ccc3o2)c(C)c1. The fourth-order valence-electron chi connectivity index (χ4n) is 4.47. The number of fused-ring (bicyclic) bond motifs is 2. The number of nitrogens with zero attached hydrogens (tertiary/aromatic N) is 1. The number of hydrogen-bond donors (Lipinski definition) is 1. The highest BCUT2D eigenvalue weighted by molar-refractivity contribution is 6.05. The first-order valence-electron chi connectivity index (χ1n) is 11.9. The second kappa shape index (κ2) is 8.91. The zero-order chi connectivity index (χ0) is 25.5. The van der Waals surface area contributed by atoms with Gasteiger partial charge in [-0.3, -0.25) is 4.79 Å². The molecular weight excluding hydrogens is 464 g/mol. The normalized spacial score (nSPS) is 11.2. The van der Waals surface area contributed by atoms with Gasteiger partial charge >= 0.3 is 5.63 Å². The van der Waals surface area contributed by atoms with Crippen LogP contribution in [0.1, 0.15) is 21.5 Å². The van der Waals surface area contributed by atoms with Gasteiger partial charge in [0.15, 0.2) is 5.58 Å². The highest BCUT2D eigenvalue weighted by Gasteiger charge is 2.14. The molecule has 6 aromatic rings. The zero-order valence-corrected chi connectivity index (χ0v) is 20.2. The van der Waals surface area contributed by atoms with Crippen LogP contribution in [0.5, 0.6) is 0 Å². The molecule has 2 heterocycles. The molecule has 0 fully saturated rings. The minimum Gasteiger partial charge on any atom is -0.436 e. The van der Waals surface area contributed by atoms with Crippen molar-refractivity contribution in [3.05, 3.63) is 118 Å². The predicted molar refractivity (Wildman–Crippen MR) is 145 cm³/mol. The number of benzene rings is 4. The third-order valence-corrected chi connectivity index (χ3v) is 6.33. The molecule has 6 nitrogen and oxygen atoms in total. The van der Waals surface area contributed by atoms with Crippen LogP contribution in [-0.4, -0.2) is 10.9 Å². The molecule has 0 radical (unpaired) electrons. The van der Waals surface area contributed by atoms with Crippen LogP contribution in [0.15, 0.2) is 105 Å². The summed E-state index contributed by atoms with van der Waals surface area (Å²) in [7, 11) is 0. The molecule has 1 N–H and O–H groups in total. The fourth-order valence-corrected chi connectivity index (χ4v) is 4.47. The largest absolute Gasteiger partial charge is 0.436 e. The molecule has 180 valence electrons. The second-order valence-corrected chi connectivity index (χ2v) is 9.04. The molecule has 37 heavy (non-hydrogen) atoms. The second-order valence-electron chi connectivity index (χ2n) is 9.04. The van der Waals surface area contributed by atoms with Crippen molar-refractivity contribution in [2.24, 2.45) is 0 Å². The van der Waals surface area contributed by atoms with E-state index in [2.05, 4.69) is 16.4 Å². The summed E-state index contributed by atoms with van der Waals surface area (Å²) in [5.41, 5.74) is 6.56. The van der Waals surface area contributed by atoms with E-state index in [9.17, 15) is 9.59 Å². The Morgan fingerprint density at radius 1 is 0.784 bits per heavy atom. The van der Waals surface area contributed by atoms with Crippen molar-refractivity contribution in [2.45, 2.75) is 13.8 Å². The maximum absolute atomic E-state index is 13.1. The number of carbonyl (C=O) groups excluding carboxylic acids is 1. The van der Waals surface area contributed by atoms with Crippen LogP contribution in [0.3, 0.4) is 0 Å². The van der Waals surface area contributed by atoms with Gasteiger partial charge in [-0.25, -0.2) is 9.78 Å². The number of oxazole rings is 1. The summed E-state index contributed by atoms with van der Waals surface area (Å²) in [5, 5.41) is 3.73. The molecule has 0 spiro atoms. The molecular formula is C31H22N2O4. The number of rotatable bonds is 4. The molecule has 0 bridgehead atoms. The summed E-state index contributed by atoms with van der Waals surface area (Å²) >= 11 is 0. The topological polar surface area (TPSA) is 85.3 Å². The Balaban J connectivity index is 1.28. The van der Waals surface area contributed by atoms with Crippen LogP contribution in [0.25, 0.3) is 44.7 Å². The Morgan fingerprint density at radius 3 is 2.51 bits per heavy atom. The molecule has 0 atom stereocenters. The Kier molecular flexibility index (Phi) is 5.42. The average Bonchev–Trinajstić information content (AvgIpc) is 3.31. The molecule has 2 aromatic heterocycles. The van der Waals surface area contributed by atoms with Gasteiger partial charge in [0.2, 0.25) is 5.89 Å². The van der Waals surface area contributed by atoms with Gasteiger partial charge in [-0.2, -0.15) is 0 Å². The lowest BCUT2D eigenvalue weighted by Crippen LogP contribution is -2.12. The molecule has 1 amide bonds. The average molecular weight is 487 g/mol. The summed E-state index contributed by atoms with van der Waals surface area (Å²) < 4.78 is 11.4. The number of amides is 1. The molecule has 0 unspecified atom stereocenters. The van der Waals surface area contributed by atoms with Gasteiger partial charge in [-0.15, -0.1) is 0 Å². The van der Waals surface area contributed by atoms with Gasteiger partial charge in [-0.1, -0.05) is 48.0 Å². The lowest BCUT2D eigenvalue weighted by Gasteiger charge is -2.07. The van der Waals surface area contributed by atoms with E-state index in [1.165, 1.54) is 5.56 Å². The van der Waals surface area contributed by atoms with E-state index in [1.54, 1.807) is 54.6 Å². The molecule has 0 aliphatic carbocycles. The first kappa shape index (κ1) is 22.5. The minimum atomic E-state index is -0.452. The van der Waals surface area contributed by atoms with Crippen molar-refractivity contribution in [3.8, 4) is 22.6 Å². The van der Waals surface area contributed by atoms with Crippen LogP contribution < -0.4 is 10.9 Å². The number of carbonyl (C=O) groups is 1. The molecule has 0 aliphatic rings. The Morgan fingerprint density at radius 2 is 1.65 bits per heavy atom. The fraction of sp³-hybridized carbons (Fsp3) is 0.0645. The molecule has 6 heteroatoms. The van der Waals surface area contributed by atoms with E-state index >= 15 is 0 Å². The first-order chi connectivity index (χ1) is 17.9. The number of hydrogen-bond acceptors (Lipinski definition) is 5. The highest BCUT2D eigenvalue weighted by Crippen LogP contribution is 2.29. The standard InChI is InChI=1S/C31H22N2O4/c1-18-10-12-24(19(2)14-18)30-33-26-17-23(11-13-28(26)36-30)32-29(34)22-8-5-7-20(15-22)25-16-21-6-3-4-9-27(21)37-31(25)35/h3-17H,1-2H3,(H,32,34). The summed E-state index contributed by atoms with van der Waals surface area (Å²) in [6.45, 7) is 4.07. The summed E-state index contributed by atoms with van der Waals surface area (Å²) in [6, 6.07) is 27.5. The monoisotopic (exact) mass is 486 g/mol. The van der Waals surface area contributed by atoms with E-state index < -0.39 is 5.63 Å². The van der Waals surface area contributed by atoms with Gasteiger partial charge in [0.25, 0.3) is 5.91 Å². The third kappa shape index (κ3) is 4.29. The van der Waals surface area contributed by atoms with Crippen molar-refractivity contribution in [1.82, 2.24) is 4.98 Å². The van der Waals surface area contributed by atoms with E-state index in [1.807, 2.05) is 44.2 Å². The van der Waals surface area contributed by atoms with Gasteiger partial charge in [-0.05, 0) is 73.5 Å².